The Morgan fingerprint density at radius 2 is 2.12 bits per heavy atom. The van der Waals surface area contributed by atoms with Crippen LogP contribution in [0.4, 0.5) is 0 Å². The highest BCUT2D eigenvalue weighted by Crippen LogP contribution is 2.21. The maximum Gasteiger partial charge on any atom is 0.272 e. The number of carbonyl (C=O) groups is 2. The van der Waals surface area contributed by atoms with E-state index in [1.54, 1.807) is 24.2 Å². The summed E-state index contributed by atoms with van der Waals surface area (Å²) in [6, 6.07) is 7.65. The van der Waals surface area contributed by atoms with Crippen LogP contribution < -0.4 is 5.32 Å². The van der Waals surface area contributed by atoms with Crippen molar-refractivity contribution in [3.63, 3.8) is 0 Å². The highest BCUT2D eigenvalue weighted by molar-refractivity contribution is 5.92. The van der Waals surface area contributed by atoms with E-state index in [0.29, 0.717) is 25.2 Å². The van der Waals surface area contributed by atoms with Crippen LogP contribution in [0.3, 0.4) is 0 Å². The molecule has 1 aliphatic heterocycles. The topological polar surface area (TPSA) is 67.2 Å². The molecule has 0 bridgehead atoms. The number of aromatic nitrogens is 2. The molecular formula is C18H22N4O2. The molecule has 0 saturated heterocycles. The fourth-order valence-corrected chi connectivity index (χ4v) is 3.08. The van der Waals surface area contributed by atoms with E-state index in [4.69, 9.17) is 0 Å². The Morgan fingerprint density at radius 1 is 1.29 bits per heavy atom. The first-order valence-corrected chi connectivity index (χ1v) is 8.13. The Kier molecular flexibility index (Phi) is 4.64. The molecule has 3 heterocycles. The van der Waals surface area contributed by atoms with Gasteiger partial charge in [0.15, 0.2) is 0 Å². The lowest BCUT2D eigenvalue weighted by Crippen LogP contribution is -2.36. The smallest absolute Gasteiger partial charge is 0.272 e. The van der Waals surface area contributed by atoms with Crippen LogP contribution in [-0.2, 0) is 17.9 Å². The monoisotopic (exact) mass is 326 g/mol. The molecular weight excluding hydrogens is 304 g/mol. The van der Waals surface area contributed by atoms with Crippen LogP contribution in [0, 0.1) is 12.8 Å². The molecule has 0 radical (unpaired) electrons. The Hall–Kier alpha value is -2.63. The second kappa shape index (κ2) is 6.86. The van der Waals surface area contributed by atoms with Crippen molar-refractivity contribution in [3.8, 4) is 0 Å². The number of amides is 2. The number of carbonyl (C=O) groups excluding carboxylic acids is 2. The maximum atomic E-state index is 12.8. The first-order chi connectivity index (χ1) is 11.6. The molecule has 1 aliphatic rings. The Balaban J connectivity index is 1.84. The average Bonchev–Trinajstić information content (AvgIpc) is 2.93. The lowest BCUT2D eigenvalue weighted by Gasteiger charge is -2.23. The van der Waals surface area contributed by atoms with Gasteiger partial charge in [0.25, 0.3) is 5.91 Å². The number of aryl methyl sites for hydroxylation is 1. The molecule has 24 heavy (non-hydrogen) atoms. The molecule has 6 heteroatoms. The van der Waals surface area contributed by atoms with Crippen LogP contribution in [0.1, 0.15) is 28.2 Å². The Labute approximate surface area is 141 Å². The standard InChI is InChI=1S/C18H22N4O2/c1-13-5-6-16(20-9-13)18(24)22-11-14(8-17(23)19-2)10-21-7-3-4-15(21)12-22/h3-7,9,14H,8,10-12H2,1-2H3,(H,19,23)/t14-/m0/s1. The third-order valence-electron chi connectivity index (χ3n) is 4.38. The van der Waals surface area contributed by atoms with Crippen molar-refractivity contribution in [2.45, 2.75) is 26.4 Å². The van der Waals surface area contributed by atoms with Gasteiger partial charge in [-0.15, -0.1) is 0 Å². The van der Waals surface area contributed by atoms with Crippen molar-refractivity contribution >= 4 is 11.8 Å². The summed E-state index contributed by atoms with van der Waals surface area (Å²) in [5.74, 6) is -0.0176. The summed E-state index contributed by atoms with van der Waals surface area (Å²) in [6.07, 6.45) is 4.11. The molecule has 0 fully saturated rings. The van der Waals surface area contributed by atoms with E-state index >= 15 is 0 Å². The van der Waals surface area contributed by atoms with Crippen LogP contribution in [-0.4, -0.2) is 39.9 Å². The zero-order chi connectivity index (χ0) is 17.1. The van der Waals surface area contributed by atoms with E-state index in [1.807, 2.05) is 31.3 Å². The molecule has 0 spiro atoms. The van der Waals surface area contributed by atoms with Crippen molar-refractivity contribution in [1.29, 1.82) is 0 Å². The van der Waals surface area contributed by atoms with Crippen LogP contribution >= 0.6 is 0 Å². The van der Waals surface area contributed by atoms with Crippen LogP contribution in [0.5, 0.6) is 0 Å². The van der Waals surface area contributed by atoms with Gasteiger partial charge < -0.3 is 14.8 Å². The first kappa shape index (κ1) is 16.2. The predicted octanol–water partition coefficient (Wildman–Crippen LogP) is 1.60. The maximum absolute atomic E-state index is 12.8. The zero-order valence-corrected chi connectivity index (χ0v) is 14.0. The van der Waals surface area contributed by atoms with E-state index in [2.05, 4.69) is 14.9 Å². The number of fused-ring (bicyclic) bond motifs is 1. The number of nitrogens with zero attached hydrogens (tertiary/aromatic N) is 3. The van der Waals surface area contributed by atoms with Crippen molar-refractivity contribution in [2.24, 2.45) is 5.92 Å². The van der Waals surface area contributed by atoms with Gasteiger partial charge in [-0.3, -0.25) is 14.6 Å². The minimum absolute atomic E-state index is 0.00327. The lowest BCUT2D eigenvalue weighted by atomic mass is 10.0. The van der Waals surface area contributed by atoms with Crippen molar-refractivity contribution in [2.75, 3.05) is 13.6 Å². The summed E-state index contributed by atoms with van der Waals surface area (Å²) in [4.78, 5) is 30.7. The summed E-state index contributed by atoms with van der Waals surface area (Å²) in [7, 11) is 1.64. The Bertz CT molecular complexity index is 736. The third-order valence-corrected chi connectivity index (χ3v) is 4.38. The van der Waals surface area contributed by atoms with E-state index < -0.39 is 0 Å². The van der Waals surface area contributed by atoms with Gasteiger partial charge in [-0.05, 0) is 30.7 Å². The number of rotatable bonds is 3. The molecule has 0 saturated carbocycles. The fraction of sp³-hybridized carbons (Fsp3) is 0.389. The summed E-state index contributed by atoms with van der Waals surface area (Å²) in [6.45, 7) is 3.76. The third kappa shape index (κ3) is 3.48. The average molecular weight is 326 g/mol. The summed E-state index contributed by atoms with van der Waals surface area (Å²) >= 11 is 0. The Morgan fingerprint density at radius 3 is 2.83 bits per heavy atom. The molecule has 1 N–H and O–H groups in total. The molecule has 0 aliphatic carbocycles. The van der Waals surface area contributed by atoms with Crippen molar-refractivity contribution in [3.05, 3.63) is 53.6 Å². The normalized spacial score (nSPS) is 17.1. The van der Waals surface area contributed by atoms with Crippen molar-refractivity contribution < 1.29 is 9.59 Å². The number of nitrogens with one attached hydrogen (secondary N) is 1. The molecule has 0 unspecified atom stereocenters. The number of hydrogen-bond acceptors (Lipinski definition) is 3. The molecule has 0 aromatic carbocycles. The largest absolute Gasteiger partial charge is 0.359 e. The van der Waals surface area contributed by atoms with E-state index in [0.717, 1.165) is 17.8 Å². The van der Waals surface area contributed by atoms with Crippen LogP contribution in [0.2, 0.25) is 0 Å². The number of pyridine rings is 1. The van der Waals surface area contributed by atoms with Gasteiger partial charge in [0.05, 0.1) is 6.54 Å². The molecule has 126 valence electrons. The van der Waals surface area contributed by atoms with Gasteiger partial charge in [0.2, 0.25) is 5.91 Å². The van der Waals surface area contributed by atoms with Gasteiger partial charge in [-0.2, -0.15) is 0 Å². The molecule has 2 amide bonds. The minimum Gasteiger partial charge on any atom is -0.359 e. The SMILES string of the molecule is CNC(=O)C[C@@H]1CN(C(=O)c2ccc(C)cn2)Cc2cccn2C1. The first-order valence-electron chi connectivity index (χ1n) is 8.13. The lowest BCUT2D eigenvalue weighted by molar-refractivity contribution is -0.121. The van der Waals surface area contributed by atoms with Gasteiger partial charge >= 0.3 is 0 Å². The molecule has 1 atom stereocenters. The predicted molar refractivity (Wildman–Crippen MR) is 90.3 cm³/mol. The van der Waals surface area contributed by atoms with E-state index in [9.17, 15) is 9.59 Å². The molecule has 2 aromatic rings. The second-order valence-electron chi connectivity index (χ2n) is 6.30. The van der Waals surface area contributed by atoms with Gasteiger partial charge in [-0.25, -0.2) is 0 Å². The zero-order valence-electron chi connectivity index (χ0n) is 14.0. The minimum atomic E-state index is -0.0912. The number of hydrogen-bond donors (Lipinski definition) is 1. The summed E-state index contributed by atoms with van der Waals surface area (Å²) in [5, 5.41) is 2.67. The van der Waals surface area contributed by atoms with Crippen LogP contribution in [0.15, 0.2) is 36.7 Å². The summed E-state index contributed by atoms with van der Waals surface area (Å²) in [5.41, 5.74) is 2.54. The van der Waals surface area contributed by atoms with Gasteiger partial charge in [0.1, 0.15) is 5.69 Å². The summed E-state index contributed by atoms with van der Waals surface area (Å²) < 4.78 is 2.13. The molecule has 6 nitrogen and oxygen atoms in total. The highest BCUT2D eigenvalue weighted by atomic mass is 16.2. The van der Waals surface area contributed by atoms with Gasteiger partial charge in [-0.1, -0.05) is 6.07 Å². The second-order valence-corrected chi connectivity index (χ2v) is 6.30. The molecule has 3 rings (SSSR count). The van der Waals surface area contributed by atoms with E-state index in [1.165, 1.54) is 0 Å². The van der Waals surface area contributed by atoms with Crippen molar-refractivity contribution in [1.82, 2.24) is 19.8 Å². The van der Waals surface area contributed by atoms with Crippen LogP contribution in [0.25, 0.3) is 0 Å². The van der Waals surface area contributed by atoms with Gasteiger partial charge in [0, 0.05) is 50.6 Å². The molecule has 2 aromatic heterocycles. The fourth-order valence-electron chi connectivity index (χ4n) is 3.08. The highest BCUT2D eigenvalue weighted by Gasteiger charge is 2.27. The van der Waals surface area contributed by atoms with E-state index in [-0.39, 0.29) is 17.7 Å². The quantitative estimate of drug-likeness (QED) is 0.931.